The van der Waals surface area contributed by atoms with Crippen molar-refractivity contribution in [3.8, 4) is 16.3 Å². The van der Waals surface area contributed by atoms with Crippen LogP contribution in [0.1, 0.15) is 24.1 Å². The molecular formula is C23H23BrN2O3S. The maximum absolute atomic E-state index is 12.3. The average molecular weight is 487 g/mol. The molecule has 1 aliphatic rings. The molecule has 1 unspecified atom stereocenters. The second kappa shape index (κ2) is 10.2. The van der Waals surface area contributed by atoms with E-state index in [9.17, 15) is 4.79 Å². The molecule has 0 saturated carbocycles. The number of nitrogens with zero attached hydrogens (tertiary/aromatic N) is 1. The standard InChI is InChI=1S/C23H23BrN2O3S/c24-18-4-1-3-17(11-18)23-26-19(15-30-23)12-22(27)25-13-16-6-8-20(9-7-16)29-14-21-5-2-10-28-21/h1,3-4,6-9,11,15,21H,2,5,10,12-14H2,(H,25,27). The van der Waals surface area contributed by atoms with Crippen LogP contribution >= 0.6 is 27.3 Å². The summed E-state index contributed by atoms with van der Waals surface area (Å²) in [6, 6.07) is 15.8. The number of hydrogen-bond acceptors (Lipinski definition) is 5. The lowest BCUT2D eigenvalue weighted by Crippen LogP contribution is -2.24. The number of nitrogens with one attached hydrogen (secondary N) is 1. The predicted molar refractivity (Wildman–Crippen MR) is 122 cm³/mol. The number of aromatic nitrogens is 1. The van der Waals surface area contributed by atoms with Gasteiger partial charge in [0.15, 0.2) is 0 Å². The van der Waals surface area contributed by atoms with Crippen LogP contribution in [0, 0.1) is 0 Å². The third-order valence-corrected chi connectivity index (χ3v) is 6.27. The number of benzene rings is 2. The van der Waals surface area contributed by atoms with Crippen LogP contribution in [0.25, 0.3) is 10.6 Å². The van der Waals surface area contributed by atoms with E-state index in [1.165, 1.54) is 0 Å². The van der Waals surface area contributed by atoms with Crippen molar-refractivity contribution in [2.75, 3.05) is 13.2 Å². The summed E-state index contributed by atoms with van der Waals surface area (Å²) >= 11 is 5.03. The largest absolute Gasteiger partial charge is 0.491 e. The zero-order chi connectivity index (χ0) is 20.8. The third kappa shape index (κ3) is 5.90. The molecule has 1 N–H and O–H groups in total. The molecule has 30 heavy (non-hydrogen) atoms. The SMILES string of the molecule is O=C(Cc1csc(-c2cccc(Br)c2)n1)NCc1ccc(OCC2CCCO2)cc1. The number of thiazole rings is 1. The lowest BCUT2D eigenvalue weighted by molar-refractivity contribution is -0.120. The fourth-order valence-electron chi connectivity index (χ4n) is 3.24. The Morgan fingerprint density at radius 2 is 2.13 bits per heavy atom. The molecule has 1 atom stereocenters. The summed E-state index contributed by atoms with van der Waals surface area (Å²) in [7, 11) is 0. The zero-order valence-electron chi connectivity index (χ0n) is 16.5. The van der Waals surface area contributed by atoms with Gasteiger partial charge >= 0.3 is 0 Å². The van der Waals surface area contributed by atoms with Gasteiger partial charge < -0.3 is 14.8 Å². The maximum Gasteiger partial charge on any atom is 0.226 e. The molecule has 4 rings (SSSR count). The van der Waals surface area contributed by atoms with Gasteiger partial charge in [0.2, 0.25) is 5.91 Å². The van der Waals surface area contributed by atoms with Crippen molar-refractivity contribution >= 4 is 33.2 Å². The highest BCUT2D eigenvalue weighted by molar-refractivity contribution is 9.10. The minimum Gasteiger partial charge on any atom is -0.491 e. The van der Waals surface area contributed by atoms with E-state index in [4.69, 9.17) is 9.47 Å². The van der Waals surface area contributed by atoms with Crippen LogP contribution in [0.3, 0.4) is 0 Å². The normalized spacial score (nSPS) is 15.8. The Morgan fingerprint density at radius 1 is 1.27 bits per heavy atom. The maximum atomic E-state index is 12.3. The molecule has 1 aromatic heterocycles. The molecule has 1 saturated heterocycles. The topological polar surface area (TPSA) is 60.5 Å². The second-order valence-electron chi connectivity index (χ2n) is 7.20. The number of amides is 1. The Kier molecular flexibility index (Phi) is 7.15. The van der Waals surface area contributed by atoms with Crippen LogP contribution in [0.5, 0.6) is 5.75 Å². The first kappa shape index (κ1) is 21.0. The summed E-state index contributed by atoms with van der Waals surface area (Å²) in [5, 5.41) is 5.81. The first-order valence-electron chi connectivity index (χ1n) is 9.96. The molecule has 0 aliphatic carbocycles. The van der Waals surface area contributed by atoms with E-state index in [1.807, 2.05) is 53.9 Å². The fourth-order valence-corrected chi connectivity index (χ4v) is 4.45. The smallest absolute Gasteiger partial charge is 0.226 e. The summed E-state index contributed by atoms with van der Waals surface area (Å²) in [4.78, 5) is 16.9. The molecule has 3 aromatic rings. The van der Waals surface area contributed by atoms with Gasteiger partial charge in [-0.05, 0) is 42.7 Å². The van der Waals surface area contributed by atoms with Gasteiger partial charge in [0, 0.05) is 28.6 Å². The van der Waals surface area contributed by atoms with Crippen LogP contribution in [0.2, 0.25) is 0 Å². The highest BCUT2D eigenvalue weighted by Gasteiger charge is 2.16. The van der Waals surface area contributed by atoms with E-state index in [0.29, 0.717) is 13.2 Å². The van der Waals surface area contributed by atoms with Crippen LogP contribution in [0.15, 0.2) is 58.4 Å². The molecule has 1 aliphatic heterocycles. The Morgan fingerprint density at radius 3 is 2.90 bits per heavy atom. The van der Waals surface area contributed by atoms with E-state index in [0.717, 1.165) is 51.5 Å². The second-order valence-corrected chi connectivity index (χ2v) is 8.97. The lowest BCUT2D eigenvalue weighted by atomic mass is 10.2. The van der Waals surface area contributed by atoms with E-state index in [-0.39, 0.29) is 18.4 Å². The summed E-state index contributed by atoms with van der Waals surface area (Å²) < 4.78 is 12.4. The van der Waals surface area contributed by atoms with Gasteiger partial charge in [0.1, 0.15) is 17.4 Å². The Hall–Kier alpha value is -2.22. The molecule has 1 fully saturated rings. The average Bonchev–Trinajstić information content (AvgIpc) is 3.44. The van der Waals surface area contributed by atoms with Gasteiger partial charge in [0.25, 0.3) is 0 Å². The van der Waals surface area contributed by atoms with Crippen molar-refractivity contribution in [3.05, 3.63) is 69.6 Å². The van der Waals surface area contributed by atoms with Crippen LogP contribution in [-0.2, 0) is 22.5 Å². The predicted octanol–water partition coefficient (Wildman–Crippen LogP) is 4.99. The number of rotatable bonds is 8. The molecule has 0 bridgehead atoms. The lowest BCUT2D eigenvalue weighted by Gasteiger charge is -2.12. The quantitative estimate of drug-likeness (QED) is 0.487. The minimum absolute atomic E-state index is 0.0419. The molecule has 2 heterocycles. The Balaban J connectivity index is 1.23. The molecule has 1 amide bonds. The summed E-state index contributed by atoms with van der Waals surface area (Å²) in [6.07, 6.45) is 2.65. The Bertz CT molecular complexity index is 984. The molecule has 2 aromatic carbocycles. The summed E-state index contributed by atoms with van der Waals surface area (Å²) in [5.41, 5.74) is 2.86. The molecule has 0 spiro atoms. The van der Waals surface area contributed by atoms with E-state index in [1.54, 1.807) is 11.3 Å². The number of carbonyl (C=O) groups excluding carboxylic acids is 1. The first-order chi connectivity index (χ1) is 14.7. The highest BCUT2D eigenvalue weighted by Crippen LogP contribution is 2.26. The molecular weight excluding hydrogens is 464 g/mol. The monoisotopic (exact) mass is 486 g/mol. The molecule has 156 valence electrons. The van der Waals surface area contributed by atoms with Gasteiger partial charge in [-0.25, -0.2) is 4.98 Å². The first-order valence-corrected chi connectivity index (χ1v) is 11.6. The molecule has 7 heteroatoms. The van der Waals surface area contributed by atoms with Crippen molar-refractivity contribution in [1.29, 1.82) is 0 Å². The van der Waals surface area contributed by atoms with Crippen molar-refractivity contribution in [2.45, 2.75) is 31.9 Å². The zero-order valence-corrected chi connectivity index (χ0v) is 18.9. The van der Waals surface area contributed by atoms with Crippen LogP contribution in [0.4, 0.5) is 0 Å². The van der Waals surface area contributed by atoms with E-state index >= 15 is 0 Å². The Labute approximate surface area is 188 Å². The highest BCUT2D eigenvalue weighted by atomic mass is 79.9. The van der Waals surface area contributed by atoms with E-state index in [2.05, 4.69) is 26.2 Å². The van der Waals surface area contributed by atoms with Crippen molar-refractivity contribution < 1.29 is 14.3 Å². The minimum atomic E-state index is -0.0419. The number of halogens is 1. The van der Waals surface area contributed by atoms with Crippen molar-refractivity contribution in [1.82, 2.24) is 10.3 Å². The summed E-state index contributed by atoms with van der Waals surface area (Å²) in [6.45, 7) is 1.90. The van der Waals surface area contributed by atoms with Gasteiger partial charge in [-0.1, -0.05) is 40.2 Å². The third-order valence-electron chi connectivity index (χ3n) is 4.84. The number of hydrogen-bond donors (Lipinski definition) is 1. The van der Waals surface area contributed by atoms with Crippen LogP contribution < -0.4 is 10.1 Å². The van der Waals surface area contributed by atoms with Crippen molar-refractivity contribution in [3.63, 3.8) is 0 Å². The molecule has 0 radical (unpaired) electrons. The van der Waals surface area contributed by atoms with Crippen molar-refractivity contribution in [2.24, 2.45) is 0 Å². The summed E-state index contributed by atoms with van der Waals surface area (Å²) in [5.74, 6) is 0.780. The number of ether oxygens (including phenoxy) is 2. The van der Waals surface area contributed by atoms with Gasteiger partial charge in [-0.2, -0.15) is 0 Å². The fraction of sp³-hybridized carbons (Fsp3) is 0.304. The molecule has 5 nitrogen and oxygen atoms in total. The van der Waals surface area contributed by atoms with Gasteiger partial charge in [-0.3, -0.25) is 4.79 Å². The number of carbonyl (C=O) groups is 1. The van der Waals surface area contributed by atoms with Gasteiger partial charge in [0.05, 0.1) is 18.2 Å². The van der Waals surface area contributed by atoms with Gasteiger partial charge in [-0.15, -0.1) is 11.3 Å². The van der Waals surface area contributed by atoms with Crippen LogP contribution in [-0.4, -0.2) is 30.2 Å². The van der Waals surface area contributed by atoms with E-state index < -0.39 is 0 Å².